The summed E-state index contributed by atoms with van der Waals surface area (Å²) in [6.07, 6.45) is 2.92. The first kappa shape index (κ1) is 12.3. The van der Waals surface area contributed by atoms with Gasteiger partial charge in [-0.15, -0.1) is 0 Å². The maximum Gasteiger partial charge on any atom is 0.136 e. The molecular weight excluding hydrogens is 208 g/mol. The molecule has 0 heterocycles. The highest BCUT2D eigenvalue weighted by atomic mass is 16.1. The fraction of sp³-hybridized carbons (Fsp3) is 0.562. The minimum Gasteiger partial charge on any atom is -0.299 e. The first-order valence-electron chi connectivity index (χ1n) is 6.58. The maximum atomic E-state index is 12.0. The van der Waals surface area contributed by atoms with Gasteiger partial charge in [0.05, 0.1) is 0 Å². The van der Waals surface area contributed by atoms with Crippen molar-refractivity contribution < 1.29 is 4.79 Å². The van der Waals surface area contributed by atoms with Gasteiger partial charge in [0, 0.05) is 12.3 Å². The van der Waals surface area contributed by atoms with Crippen molar-refractivity contribution in [3.8, 4) is 0 Å². The van der Waals surface area contributed by atoms with Gasteiger partial charge in [-0.3, -0.25) is 4.79 Å². The number of carbonyl (C=O) groups is 1. The highest BCUT2D eigenvalue weighted by Gasteiger charge is 2.39. The van der Waals surface area contributed by atoms with Crippen LogP contribution in [0.2, 0.25) is 0 Å². The third kappa shape index (κ3) is 2.59. The number of Topliss-reactive ketones (excluding diaryl/α,β-unsaturated/α-hetero) is 1. The molecule has 0 amide bonds. The van der Waals surface area contributed by atoms with Crippen molar-refractivity contribution >= 4 is 5.78 Å². The van der Waals surface area contributed by atoms with Gasteiger partial charge in [0.25, 0.3) is 0 Å². The zero-order valence-corrected chi connectivity index (χ0v) is 11.1. The normalized spacial score (nSPS) is 22.8. The third-order valence-corrected chi connectivity index (χ3v) is 3.85. The summed E-state index contributed by atoms with van der Waals surface area (Å²) >= 11 is 0. The minimum absolute atomic E-state index is 0.145. The molecule has 0 aliphatic heterocycles. The lowest BCUT2D eigenvalue weighted by molar-refractivity contribution is -0.122. The number of hydrogen-bond acceptors (Lipinski definition) is 1. The van der Waals surface area contributed by atoms with Crippen LogP contribution in [0.25, 0.3) is 0 Å². The summed E-state index contributed by atoms with van der Waals surface area (Å²) in [7, 11) is 0. The van der Waals surface area contributed by atoms with Crippen LogP contribution in [0, 0.1) is 11.3 Å². The molecule has 1 aliphatic carbocycles. The van der Waals surface area contributed by atoms with Gasteiger partial charge in [-0.25, -0.2) is 0 Å². The zero-order valence-electron chi connectivity index (χ0n) is 11.1. The van der Waals surface area contributed by atoms with Gasteiger partial charge >= 0.3 is 0 Å². The van der Waals surface area contributed by atoms with Crippen molar-refractivity contribution in [3.63, 3.8) is 0 Å². The number of rotatable bonds is 2. The highest BCUT2D eigenvalue weighted by molar-refractivity contribution is 5.84. The van der Waals surface area contributed by atoms with Crippen LogP contribution in [0.4, 0.5) is 0 Å². The molecule has 1 unspecified atom stereocenters. The lowest BCUT2D eigenvalue weighted by Gasteiger charge is -2.35. The van der Waals surface area contributed by atoms with E-state index in [0.29, 0.717) is 11.7 Å². The Hall–Kier alpha value is -1.11. The molecule has 1 nitrogen and oxygen atoms in total. The molecule has 2 atom stereocenters. The number of carbonyl (C=O) groups excluding carboxylic acids is 1. The van der Waals surface area contributed by atoms with Crippen molar-refractivity contribution in [2.75, 3.05) is 0 Å². The maximum absolute atomic E-state index is 12.0. The quantitative estimate of drug-likeness (QED) is 0.744. The second-order valence-electron chi connectivity index (χ2n) is 6.22. The summed E-state index contributed by atoms with van der Waals surface area (Å²) in [5, 5.41) is 0. The molecule has 17 heavy (non-hydrogen) atoms. The Labute approximate surface area is 104 Å². The van der Waals surface area contributed by atoms with E-state index in [1.165, 1.54) is 5.56 Å². The molecule has 0 saturated heterocycles. The Balaban J connectivity index is 2.36. The standard InChI is InChI=1S/C16H22O/c1-16(2,3)15(12-8-5-4-6-9-12)13-10-7-11-14(13)17/h4-6,8-9,13,15H,7,10-11H2,1-3H3/t13?,15-/m0/s1. The largest absolute Gasteiger partial charge is 0.299 e. The minimum atomic E-state index is 0.145. The van der Waals surface area contributed by atoms with Crippen LogP contribution in [0.1, 0.15) is 51.5 Å². The summed E-state index contributed by atoms with van der Waals surface area (Å²) in [4.78, 5) is 12.0. The van der Waals surface area contributed by atoms with E-state index in [-0.39, 0.29) is 11.3 Å². The molecule has 0 N–H and O–H groups in total. The fourth-order valence-corrected chi connectivity index (χ4v) is 3.19. The Bertz CT molecular complexity index is 386. The van der Waals surface area contributed by atoms with Crippen LogP contribution in [-0.2, 0) is 4.79 Å². The van der Waals surface area contributed by atoms with E-state index in [1.54, 1.807) is 0 Å². The van der Waals surface area contributed by atoms with E-state index in [4.69, 9.17) is 0 Å². The van der Waals surface area contributed by atoms with Gasteiger partial charge in [-0.2, -0.15) is 0 Å². The Morgan fingerprint density at radius 1 is 1.18 bits per heavy atom. The predicted octanol–water partition coefficient (Wildman–Crippen LogP) is 4.19. The van der Waals surface area contributed by atoms with Crippen molar-refractivity contribution in [2.45, 2.75) is 46.0 Å². The van der Waals surface area contributed by atoms with E-state index >= 15 is 0 Å². The first-order valence-corrected chi connectivity index (χ1v) is 6.58. The van der Waals surface area contributed by atoms with Gasteiger partial charge in [0.15, 0.2) is 0 Å². The third-order valence-electron chi connectivity index (χ3n) is 3.85. The number of hydrogen-bond donors (Lipinski definition) is 0. The van der Waals surface area contributed by atoms with Gasteiger partial charge in [-0.1, -0.05) is 51.1 Å². The van der Waals surface area contributed by atoms with Crippen molar-refractivity contribution in [1.29, 1.82) is 0 Å². The van der Waals surface area contributed by atoms with Gasteiger partial charge in [0.2, 0.25) is 0 Å². The predicted molar refractivity (Wildman–Crippen MR) is 71.0 cm³/mol. The molecule has 0 spiro atoms. The molecule has 0 bridgehead atoms. The monoisotopic (exact) mass is 230 g/mol. The molecule has 92 valence electrons. The molecule has 1 heteroatoms. The van der Waals surface area contributed by atoms with Crippen LogP contribution >= 0.6 is 0 Å². The lowest BCUT2D eigenvalue weighted by Crippen LogP contribution is -2.28. The van der Waals surface area contributed by atoms with E-state index in [0.717, 1.165) is 19.3 Å². The van der Waals surface area contributed by atoms with Crippen molar-refractivity contribution in [1.82, 2.24) is 0 Å². The van der Waals surface area contributed by atoms with E-state index < -0.39 is 0 Å². The average molecular weight is 230 g/mol. The van der Waals surface area contributed by atoms with Gasteiger partial charge in [-0.05, 0) is 29.7 Å². The van der Waals surface area contributed by atoms with Crippen LogP contribution in [-0.4, -0.2) is 5.78 Å². The summed E-state index contributed by atoms with van der Waals surface area (Å²) in [6, 6.07) is 10.5. The second-order valence-corrected chi connectivity index (χ2v) is 6.22. The van der Waals surface area contributed by atoms with Crippen molar-refractivity contribution in [2.24, 2.45) is 11.3 Å². The molecule has 0 radical (unpaired) electrons. The Morgan fingerprint density at radius 3 is 2.29 bits per heavy atom. The summed E-state index contributed by atoms with van der Waals surface area (Å²) in [5.41, 5.74) is 1.46. The molecule has 1 aromatic rings. The Kier molecular flexibility index (Phi) is 3.37. The SMILES string of the molecule is CC(C)(C)[C@@H](c1ccccc1)C1CCCC1=O. The summed E-state index contributed by atoms with van der Waals surface area (Å²) in [5.74, 6) is 1.06. The molecular formula is C16H22O. The Morgan fingerprint density at radius 2 is 1.82 bits per heavy atom. The zero-order chi connectivity index (χ0) is 12.5. The van der Waals surface area contributed by atoms with Crippen molar-refractivity contribution in [3.05, 3.63) is 35.9 Å². The van der Waals surface area contributed by atoms with Gasteiger partial charge in [0.1, 0.15) is 5.78 Å². The molecule has 1 aromatic carbocycles. The fourth-order valence-electron chi connectivity index (χ4n) is 3.19. The average Bonchev–Trinajstić information content (AvgIpc) is 2.65. The summed E-state index contributed by atoms with van der Waals surface area (Å²) in [6.45, 7) is 6.74. The second kappa shape index (κ2) is 4.64. The van der Waals surface area contributed by atoms with E-state index in [1.807, 2.05) is 6.07 Å². The van der Waals surface area contributed by atoms with Crippen LogP contribution in [0.15, 0.2) is 30.3 Å². The van der Waals surface area contributed by atoms with Crippen LogP contribution < -0.4 is 0 Å². The van der Waals surface area contributed by atoms with Gasteiger partial charge < -0.3 is 0 Å². The molecule has 1 fully saturated rings. The number of benzene rings is 1. The van der Waals surface area contributed by atoms with E-state index in [2.05, 4.69) is 45.0 Å². The van der Waals surface area contributed by atoms with Crippen LogP contribution in [0.3, 0.4) is 0 Å². The molecule has 1 saturated carbocycles. The molecule has 2 rings (SSSR count). The van der Waals surface area contributed by atoms with E-state index in [9.17, 15) is 4.79 Å². The lowest BCUT2D eigenvalue weighted by atomic mass is 9.68. The van der Waals surface area contributed by atoms with Crippen LogP contribution in [0.5, 0.6) is 0 Å². The molecule has 0 aromatic heterocycles. The smallest absolute Gasteiger partial charge is 0.136 e. The highest BCUT2D eigenvalue weighted by Crippen LogP contribution is 2.45. The first-order chi connectivity index (χ1) is 8.00. The topological polar surface area (TPSA) is 17.1 Å². The summed E-state index contributed by atoms with van der Waals surface area (Å²) < 4.78 is 0. The number of ketones is 1. The molecule has 1 aliphatic rings.